The van der Waals surface area contributed by atoms with Crippen molar-refractivity contribution >= 4 is 11.8 Å². The fourth-order valence-corrected chi connectivity index (χ4v) is 1.20. The van der Waals surface area contributed by atoms with Gasteiger partial charge in [0.1, 0.15) is 0 Å². The molecule has 0 saturated heterocycles. The second-order valence-electron chi connectivity index (χ2n) is 2.10. The normalized spacial score (nSPS) is 9.30. The Morgan fingerprint density at radius 1 is 1.30 bits per heavy atom. The van der Waals surface area contributed by atoms with E-state index in [1.165, 1.54) is 10.5 Å². The molecule has 0 aliphatic heterocycles. The second-order valence-corrected chi connectivity index (χ2v) is 3.14. The van der Waals surface area contributed by atoms with Gasteiger partial charge in [0.25, 0.3) is 0 Å². The zero-order valence-corrected chi connectivity index (χ0v) is 6.82. The first-order valence-electron chi connectivity index (χ1n) is 3.17. The minimum Gasteiger partial charge on any atom is -0.0987 e. The minimum atomic E-state index is 1.25. The molecule has 0 bridgehead atoms. The summed E-state index contributed by atoms with van der Waals surface area (Å²) in [5, 5.41) is 1.84. The lowest BCUT2D eigenvalue weighted by atomic mass is 10.2. The Hall–Kier alpha value is -0.690. The summed E-state index contributed by atoms with van der Waals surface area (Å²) in [6, 6.07) is 8.40. The van der Waals surface area contributed by atoms with Crippen LogP contribution in [0.3, 0.4) is 0 Å². The molecule has 0 aromatic heterocycles. The number of thioether (sulfide) groups is 1. The van der Waals surface area contributed by atoms with Gasteiger partial charge in [-0.3, -0.25) is 0 Å². The van der Waals surface area contributed by atoms with Gasteiger partial charge < -0.3 is 0 Å². The Morgan fingerprint density at radius 3 is 2.40 bits per heavy atom. The van der Waals surface area contributed by atoms with Gasteiger partial charge in [0.15, 0.2) is 0 Å². The molecule has 1 heteroatoms. The molecule has 0 unspecified atom stereocenters. The molecule has 0 N–H and O–H groups in total. The Kier molecular flexibility index (Phi) is 2.57. The first-order chi connectivity index (χ1) is 4.83. The third-order valence-corrected chi connectivity index (χ3v) is 1.95. The van der Waals surface area contributed by atoms with Gasteiger partial charge >= 0.3 is 0 Å². The van der Waals surface area contributed by atoms with E-state index in [2.05, 4.69) is 37.8 Å². The SMILES string of the molecule is C=CSc1ccc(C)cc1. The molecule has 0 heterocycles. The van der Waals surface area contributed by atoms with Crippen LogP contribution >= 0.6 is 11.8 Å². The second kappa shape index (κ2) is 3.47. The van der Waals surface area contributed by atoms with Gasteiger partial charge in [-0.2, -0.15) is 0 Å². The molecule has 0 amide bonds. The molecule has 0 radical (unpaired) electrons. The van der Waals surface area contributed by atoms with E-state index in [0.29, 0.717) is 0 Å². The average molecular weight is 150 g/mol. The maximum Gasteiger partial charge on any atom is 0.0116 e. The first kappa shape index (κ1) is 7.42. The largest absolute Gasteiger partial charge is 0.0987 e. The van der Waals surface area contributed by atoms with Gasteiger partial charge in [0.2, 0.25) is 0 Å². The highest BCUT2D eigenvalue weighted by atomic mass is 32.2. The third-order valence-electron chi connectivity index (χ3n) is 1.24. The predicted molar refractivity (Wildman–Crippen MR) is 47.2 cm³/mol. The number of aryl methyl sites for hydroxylation is 1. The van der Waals surface area contributed by atoms with Crippen molar-refractivity contribution in [2.45, 2.75) is 11.8 Å². The summed E-state index contributed by atoms with van der Waals surface area (Å²) in [6.45, 7) is 5.73. The Balaban J connectivity index is 2.78. The van der Waals surface area contributed by atoms with Gasteiger partial charge in [0, 0.05) is 4.90 Å². The maximum atomic E-state index is 3.64. The molecular formula is C9H10S. The quantitative estimate of drug-likeness (QED) is 0.583. The van der Waals surface area contributed by atoms with Crippen LogP contribution in [0.2, 0.25) is 0 Å². The fourth-order valence-electron chi connectivity index (χ4n) is 0.713. The lowest BCUT2D eigenvalue weighted by molar-refractivity contribution is 1.38. The van der Waals surface area contributed by atoms with Crippen LogP contribution in [0.1, 0.15) is 5.56 Å². The number of rotatable bonds is 2. The number of hydrogen-bond acceptors (Lipinski definition) is 1. The van der Waals surface area contributed by atoms with Crippen molar-refractivity contribution in [3.63, 3.8) is 0 Å². The molecule has 0 atom stereocenters. The summed E-state index contributed by atoms with van der Waals surface area (Å²) in [4.78, 5) is 1.25. The standard InChI is InChI=1S/C9H10S/c1-3-10-9-6-4-8(2)5-7-9/h3-7H,1H2,2H3. The van der Waals surface area contributed by atoms with Crippen LogP contribution in [0, 0.1) is 6.92 Å². The van der Waals surface area contributed by atoms with Crippen molar-refractivity contribution in [3.05, 3.63) is 41.8 Å². The summed E-state index contributed by atoms with van der Waals surface area (Å²) < 4.78 is 0. The van der Waals surface area contributed by atoms with Crippen LogP contribution in [-0.2, 0) is 0 Å². The highest BCUT2D eigenvalue weighted by Gasteiger charge is 1.86. The fraction of sp³-hybridized carbons (Fsp3) is 0.111. The Morgan fingerprint density at radius 2 is 1.90 bits per heavy atom. The van der Waals surface area contributed by atoms with Crippen molar-refractivity contribution in [1.29, 1.82) is 0 Å². The zero-order chi connectivity index (χ0) is 7.40. The van der Waals surface area contributed by atoms with Gasteiger partial charge in [-0.25, -0.2) is 0 Å². The van der Waals surface area contributed by atoms with E-state index in [1.807, 2.05) is 5.41 Å². The number of hydrogen-bond donors (Lipinski definition) is 0. The monoisotopic (exact) mass is 150 g/mol. The topological polar surface area (TPSA) is 0 Å². The molecule has 10 heavy (non-hydrogen) atoms. The van der Waals surface area contributed by atoms with Crippen molar-refractivity contribution in [2.75, 3.05) is 0 Å². The van der Waals surface area contributed by atoms with E-state index in [0.717, 1.165) is 0 Å². The van der Waals surface area contributed by atoms with Crippen LogP contribution in [0.5, 0.6) is 0 Å². The summed E-state index contributed by atoms with van der Waals surface area (Å²) in [5.41, 5.74) is 1.30. The first-order valence-corrected chi connectivity index (χ1v) is 4.05. The molecule has 0 fully saturated rings. The van der Waals surface area contributed by atoms with Crippen LogP contribution < -0.4 is 0 Å². The molecule has 1 aromatic carbocycles. The highest BCUT2D eigenvalue weighted by molar-refractivity contribution is 8.02. The maximum absolute atomic E-state index is 3.64. The van der Waals surface area contributed by atoms with Crippen molar-refractivity contribution in [3.8, 4) is 0 Å². The Bertz CT molecular complexity index is 211. The average Bonchev–Trinajstić information content (AvgIpc) is 1.95. The summed E-state index contributed by atoms with van der Waals surface area (Å²) >= 11 is 1.65. The van der Waals surface area contributed by atoms with Crippen LogP contribution in [0.15, 0.2) is 41.1 Å². The third kappa shape index (κ3) is 1.92. The Labute approximate surface area is 66.0 Å². The summed E-state index contributed by atoms with van der Waals surface area (Å²) in [6.07, 6.45) is 0. The zero-order valence-electron chi connectivity index (χ0n) is 6.00. The van der Waals surface area contributed by atoms with E-state index < -0.39 is 0 Å². The lowest BCUT2D eigenvalue weighted by Gasteiger charge is -1.94. The van der Waals surface area contributed by atoms with Crippen LogP contribution in [-0.4, -0.2) is 0 Å². The van der Waals surface area contributed by atoms with E-state index in [-0.39, 0.29) is 0 Å². The van der Waals surface area contributed by atoms with Crippen LogP contribution in [0.4, 0.5) is 0 Å². The molecule has 1 rings (SSSR count). The van der Waals surface area contributed by atoms with Crippen LogP contribution in [0.25, 0.3) is 0 Å². The molecule has 1 aromatic rings. The molecule has 0 saturated carbocycles. The van der Waals surface area contributed by atoms with Gasteiger partial charge in [-0.05, 0) is 24.5 Å². The summed E-state index contributed by atoms with van der Waals surface area (Å²) in [7, 11) is 0. The minimum absolute atomic E-state index is 1.25. The van der Waals surface area contributed by atoms with E-state index in [4.69, 9.17) is 0 Å². The highest BCUT2D eigenvalue weighted by Crippen LogP contribution is 2.17. The van der Waals surface area contributed by atoms with E-state index in [9.17, 15) is 0 Å². The number of benzene rings is 1. The van der Waals surface area contributed by atoms with E-state index >= 15 is 0 Å². The van der Waals surface area contributed by atoms with Crippen molar-refractivity contribution in [1.82, 2.24) is 0 Å². The predicted octanol–water partition coefficient (Wildman–Crippen LogP) is 3.23. The summed E-state index contributed by atoms with van der Waals surface area (Å²) in [5.74, 6) is 0. The lowest BCUT2D eigenvalue weighted by Crippen LogP contribution is -1.69. The van der Waals surface area contributed by atoms with Gasteiger partial charge in [0.05, 0.1) is 0 Å². The van der Waals surface area contributed by atoms with Gasteiger partial charge in [-0.1, -0.05) is 36.0 Å². The van der Waals surface area contributed by atoms with Gasteiger partial charge in [-0.15, -0.1) is 0 Å². The molecule has 52 valence electrons. The van der Waals surface area contributed by atoms with E-state index in [1.54, 1.807) is 11.8 Å². The van der Waals surface area contributed by atoms with Crippen molar-refractivity contribution < 1.29 is 0 Å². The smallest absolute Gasteiger partial charge is 0.0116 e. The molecule has 0 aliphatic rings. The molecule has 0 aliphatic carbocycles. The molecule has 0 nitrogen and oxygen atoms in total. The molecular weight excluding hydrogens is 140 g/mol. The van der Waals surface area contributed by atoms with Crippen molar-refractivity contribution in [2.24, 2.45) is 0 Å². The molecule has 0 spiro atoms.